The summed E-state index contributed by atoms with van der Waals surface area (Å²) in [7, 11) is 1.57. The molecule has 0 radical (unpaired) electrons. The number of hydrogen-bond donors (Lipinski definition) is 2. The Morgan fingerprint density at radius 1 is 1.10 bits per heavy atom. The van der Waals surface area contributed by atoms with E-state index in [1.54, 1.807) is 7.11 Å². The Hall–Kier alpha value is -3.68. The molecule has 0 fully saturated rings. The molecular formula is C22H25N5O3. The van der Waals surface area contributed by atoms with Crippen LogP contribution in [-0.2, 0) is 29.0 Å². The highest BCUT2D eigenvalue weighted by molar-refractivity contribution is 5.73. The number of benzene rings is 2. The normalized spacial score (nSPS) is 10.5. The van der Waals surface area contributed by atoms with Crippen molar-refractivity contribution in [3.8, 4) is 5.75 Å². The molecule has 0 unspecified atom stereocenters. The lowest BCUT2D eigenvalue weighted by Crippen LogP contribution is -2.13. The van der Waals surface area contributed by atoms with Crippen molar-refractivity contribution in [1.29, 1.82) is 0 Å². The molecule has 30 heavy (non-hydrogen) atoms. The third-order valence-electron chi connectivity index (χ3n) is 4.48. The highest BCUT2D eigenvalue weighted by Crippen LogP contribution is 2.21. The summed E-state index contributed by atoms with van der Waals surface area (Å²) < 4.78 is 10.7. The van der Waals surface area contributed by atoms with Crippen molar-refractivity contribution in [2.75, 3.05) is 18.2 Å². The summed E-state index contributed by atoms with van der Waals surface area (Å²) in [5.74, 6) is 0.845. The molecule has 2 aromatic carbocycles. The number of methoxy groups -OCH3 is 1. The summed E-state index contributed by atoms with van der Waals surface area (Å²) in [5, 5.41) is 3.15. The molecule has 1 aromatic heterocycles. The lowest BCUT2D eigenvalue weighted by molar-refractivity contribution is -0.144. The number of anilines is 3. The van der Waals surface area contributed by atoms with Gasteiger partial charge in [-0.2, -0.15) is 15.0 Å². The third-order valence-corrected chi connectivity index (χ3v) is 4.48. The van der Waals surface area contributed by atoms with E-state index in [1.807, 2.05) is 49.4 Å². The first-order chi connectivity index (χ1) is 14.5. The fraction of sp³-hybridized carbons (Fsp3) is 0.273. The molecule has 3 rings (SSSR count). The van der Waals surface area contributed by atoms with Gasteiger partial charge in [0.05, 0.1) is 13.5 Å². The van der Waals surface area contributed by atoms with Crippen LogP contribution in [0.3, 0.4) is 0 Å². The maximum Gasteiger partial charge on any atom is 0.310 e. The van der Waals surface area contributed by atoms with Crippen molar-refractivity contribution >= 4 is 23.6 Å². The van der Waals surface area contributed by atoms with Crippen molar-refractivity contribution in [2.24, 2.45) is 0 Å². The van der Waals surface area contributed by atoms with Crippen LogP contribution < -0.4 is 15.8 Å². The number of nitrogens with one attached hydrogen (secondary N) is 1. The van der Waals surface area contributed by atoms with E-state index in [4.69, 9.17) is 15.2 Å². The zero-order valence-electron chi connectivity index (χ0n) is 17.3. The summed E-state index contributed by atoms with van der Waals surface area (Å²) in [6, 6.07) is 13.5. The summed E-state index contributed by atoms with van der Waals surface area (Å²) in [5.41, 5.74) is 9.61. The van der Waals surface area contributed by atoms with Crippen molar-refractivity contribution in [2.45, 2.75) is 33.3 Å². The van der Waals surface area contributed by atoms with Gasteiger partial charge in [-0.3, -0.25) is 4.79 Å². The number of ether oxygens (including phenoxy) is 2. The highest BCUT2D eigenvalue weighted by atomic mass is 16.5. The Morgan fingerprint density at radius 2 is 1.90 bits per heavy atom. The van der Waals surface area contributed by atoms with Crippen LogP contribution in [-0.4, -0.2) is 28.0 Å². The minimum absolute atomic E-state index is 0.0490. The molecule has 3 aromatic rings. The second-order valence-electron chi connectivity index (χ2n) is 6.72. The molecule has 0 spiro atoms. The van der Waals surface area contributed by atoms with E-state index in [-0.39, 0.29) is 24.8 Å². The summed E-state index contributed by atoms with van der Waals surface area (Å²) in [4.78, 5) is 24.8. The number of esters is 1. The van der Waals surface area contributed by atoms with Gasteiger partial charge in [0.2, 0.25) is 11.9 Å². The lowest BCUT2D eigenvalue weighted by Gasteiger charge is -2.11. The molecule has 8 nitrogen and oxygen atoms in total. The van der Waals surface area contributed by atoms with Crippen LogP contribution in [0.5, 0.6) is 5.75 Å². The van der Waals surface area contributed by atoms with Gasteiger partial charge >= 0.3 is 5.97 Å². The van der Waals surface area contributed by atoms with Crippen LogP contribution in [0.1, 0.15) is 29.4 Å². The van der Waals surface area contributed by atoms with Gasteiger partial charge in [-0.05, 0) is 31.0 Å². The second-order valence-corrected chi connectivity index (χ2v) is 6.72. The molecule has 0 aliphatic carbocycles. The van der Waals surface area contributed by atoms with E-state index >= 15 is 0 Å². The third kappa shape index (κ3) is 5.44. The van der Waals surface area contributed by atoms with E-state index in [9.17, 15) is 4.79 Å². The van der Waals surface area contributed by atoms with Crippen LogP contribution in [0.4, 0.5) is 17.6 Å². The minimum atomic E-state index is -0.413. The first kappa shape index (κ1) is 21.0. The Morgan fingerprint density at radius 3 is 2.67 bits per heavy atom. The first-order valence-corrected chi connectivity index (χ1v) is 9.63. The predicted molar refractivity (Wildman–Crippen MR) is 115 cm³/mol. The van der Waals surface area contributed by atoms with Crippen LogP contribution in [0.15, 0.2) is 42.5 Å². The summed E-state index contributed by atoms with van der Waals surface area (Å²) in [6.45, 7) is 3.91. The predicted octanol–water partition coefficient (Wildman–Crippen LogP) is 3.36. The number of carbonyl (C=O) groups excluding carboxylic acids is 1. The van der Waals surface area contributed by atoms with Gasteiger partial charge in [-0.25, -0.2) is 0 Å². The van der Waals surface area contributed by atoms with Gasteiger partial charge in [0, 0.05) is 11.3 Å². The van der Waals surface area contributed by atoms with Gasteiger partial charge in [0.1, 0.15) is 5.75 Å². The maximum atomic E-state index is 12.3. The molecule has 0 aliphatic rings. The molecular weight excluding hydrogens is 382 g/mol. The highest BCUT2D eigenvalue weighted by Gasteiger charge is 2.13. The van der Waals surface area contributed by atoms with Crippen molar-refractivity contribution in [1.82, 2.24) is 15.0 Å². The van der Waals surface area contributed by atoms with E-state index < -0.39 is 5.97 Å². The van der Waals surface area contributed by atoms with E-state index in [0.717, 1.165) is 28.8 Å². The van der Waals surface area contributed by atoms with Crippen molar-refractivity contribution in [3.05, 3.63) is 65.0 Å². The average molecular weight is 407 g/mol. The summed E-state index contributed by atoms with van der Waals surface area (Å²) in [6.07, 6.45) is 0.942. The van der Waals surface area contributed by atoms with Crippen LogP contribution >= 0.6 is 0 Å². The topological polar surface area (TPSA) is 112 Å². The standard InChI is InChI=1S/C22H25N5O3/c1-4-15-7-5-6-8-17(15)24-22-26-19(25-21(23)27-22)13-30-20(28)12-16-11-14(2)9-10-18(16)29-3/h5-11H,4,12-13H2,1-3H3,(H3,23,24,25,26,27). The van der Waals surface area contributed by atoms with Crippen LogP contribution in [0.2, 0.25) is 0 Å². The molecule has 8 heteroatoms. The molecule has 0 aliphatic heterocycles. The molecule has 156 valence electrons. The fourth-order valence-corrected chi connectivity index (χ4v) is 3.03. The van der Waals surface area contributed by atoms with Gasteiger partial charge in [-0.1, -0.05) is 42.8 Å². The Balaban J connectivity index is 1.67. The van der Waals surface area contributed by atoms with Gasteiger partial charge < -0.3 is 20.5 Å². The van der Waals surface area contributed by atoms with E-state index in [1.165, 1.54) is 0 Å². The fourth-order valence-electron chi connectivity index (χ4n) is 3.03. The molecule has 0 saturated carbocycles. The van der Waals surface area contributed by atoms with Gasteiger partial charge in [-0.15, -0.1) is 0 Å². The number of rotatable bonds is 8. The second kappa shape index (κ2) is 9.69. The van der Waals surface area contributed by atoms with Crippen LogP contribution in [0.25, 0.3) is 0 Å². The van der Waals surface area contributed by atoms with Crippen molar-refractivity contribution in [3.63, 3.8) is 0 Å². The smallest absolute Gasteiger partial charge is 0.310 e. The number of nitrogen functional groups attached to an aromatic ring is 1. The largest absolute Gasteiger partial charge is 0.496 e. The van der Waals surface area contributed by atoms with Gasteiger partial charge in [0.15, 0.2) is 12.4 Å². The first-order valence-electron chi connectivity index (χ1n) is 9.63. The number of aryl methyl sites for hydroxylation is 2. The maximum absolute atomic E-state index is 12.3. The van der Waals surface area contributed by atoms with Crippen LogP contribution in [0, 0.1) is 6.92 Å². The van der Waals surface area contributed by atoms with E-state index in [2.05, 4.69) is 27.2 Å². The average Bonchev–Trinajstić information content (AvgIpc) is 2.72. The quantitative estimate of drug-likeness (QED) is 0.547. The SMILES string of the molecule is CCc1ccccc1Nc1nc(N)nc(COC(=O)Cc2cc(C)ccc2OC)n1. The number of carbonyl (C=O) groups is 1. The minimum Gasteiger partial charge on any atom is -0.496 e. The summed E-state index contributed by atoms with van der Waals surface area (Å²) >= 11 is 0. The number of aromatic nitrogens is 3. The number of para-hydroxylation sites is 1. The Labute approximate surface area is 175 Å². The molecule has 0 saturated heterocycles. The lowest BCUT2D eigenvalue weighted by atomic mass is 10.1. The van der Waals surface area contributed by atoms with Crippen molar-refractivity contribution < 1.29 is 14.3 Å². The van der Waals surface area contributed by atoms with Gasteiger partial charge in [0.25, 0.3) is 0 Å². The Kier molecular flexibility index (Phi) is 6.79. The monoisotopic (exact) mass is 407 g/mol. The molecule has 1 heterocycles. The van der Waals surface area contributed by atoms with E-state index in [0.29, 0.717) is 11.7 Å². The number of hydrogen-bond acceptors (Lipinski definition) is 8. The zero-order chi connectivity index (χ0) is 21.5. The Bertz CT molecular complexity index is 1040. The molecule has 0 bridgehead atoms. The molecule has 3 N–H and O–H groups in total. The molecule has 0 amide bonds. The zero-order valence-corrected chi connectivity index (χ0v) is 17.3. The molecule has 0 atom stereocenters. The number of nitrogens with two attached hydrogens (primary N) is 1. The number of nitrogens with zero attached hydrogens (tertiary/aromatic N) is 3.